The van der Waals surface area contributed by atoms with Gasteiger partial charge in [-0.25, -0.2) is 4.98 Å². The molecule has 0 aliphatic carbocycles. The number of fused-ring (bicyclic) bond motifs is 2. The number of aliphatic hydroxyl groups is 2. The van der Waals surface area contributed by atoms with Gasteiger partial charge in [0.15, 0.2) is 6.29 Å². The fraction of sp³-hybridized carbons (Fsp3) is 0.700. The summed E-state index contributed by atoms with van der Waals surface area (Å²) in [5.74, 6) is 0. The molecule has 3 rings (SSSR count). The van der Waals surface area contributed by atoms with E-state index in [2.05, 4.69) is 4.98 Å². The van der Waals surface area contributed by atoms with Gasteiger partial charge in [0.1, 0.15) is 29.0 Å². The summed E-state index contributed by atoms with van der Waals surface area (Å²) in [5, 5.41) is 20.7. The number of hydrogen-bond donors (Lipinski definition) is 3. The molecule has 0 radical (unpaired) electrons. The molecule has 2 saturated heterocycles. The largest absolute Gasteiger partial charge is 0.388 e. The maximum atomic E-state index is 10.2. The van der Waals surface area contributed by atoms with Gasteiger partial charge < -0.3 is 30.0 Å². The van der Waals surface area contributed by atoms with Gasteiger partial charge in [0.05, 0.1) is 19.1 Å². The van der Waals surface area contributed by atoms with E-state index < -0.39 is 30.1 Å². The van der Waals surface area contributed by atoms with Crippen molar-refractivity contribution in [3.8, 4) is 0 Å². The van der Waals surface area contributed by atoms with Crippen molar-refractivity contribution in [1.82, 2.24) is 9.55 Å². The quantitative estimate of drug-likeness (QED) is 0.632. The van der Waals surface area contributed by atoms with Crippen LogP contribution in [0, 0.1) is 0 Å². The highest BCUT2D eigenvalue weighted by Crippen LogP contribution is 2.42. The van der Waals surface area contributed by atoms with Gasteiger partial charge in [-0.3, -0.25) is 0 Å². The molecule has 0 aromatic carbocycles. The predicted molar refractivity (Wildman–Crippen MR) is 60.9 cm³/mol. The summed E-state index contributed by atoms with van der Waals surface area (Å²) in [7, 11) is 0. The van der Waals surface area contributed by atoms with Crippen LogP contribution in [-0.4, -0.2) is 57.0 Å². The predicted octanol–water partition coefficient (Wildman–Crippen LogP) is -1.12. The topological polar surface area (TPSA) is 103 Å². The van der Waals surface area contributed by atoms with Gasteiger partial charge in [0, 0.05) is 6.54 Å². The molecule has 5 atom stereocenters. The highest BCUT2D eigenvalue weighted by Gasteiger charge is 2.59. The lowest BCUT2D eigenvalue weighted by Gasteiger charge is -2.42. The number of aliphatic hydroxyl groups excluding tert-OH is 2. The van der Waals surface area contributed by atoms with Gasteiger partial charge in [-0.15, -0.1) is 0 Å². The minimum absolute atomic E-state index is 0.0755. The molecule has 2 fully saturated rings. The van der Waals surface area contributed by atoms with Gasteiger partial charge in [0.25, 0.3) is 0 Å². The molecule has 0 saturated carbocycles. The van der Waals surface area contributed by atoms with Crippen molar-refractivity contribution in [1.29, 1.82) is 0 Å². The average molecular weight is 276 g/mol. The van der Waals surface area contributed by atoms with Crippen LogP contribution >= 0.6 is 11.6 Å². The number of halogens is 1. The minimum atomic E-state index is -1.13. The number of imidazole rings is 1. The van der Waals surface area contributed by atoms with E-state index in [-0.39, 0.29) is 13.2 Å². The number of ether oxygens (including phenoxy) is 2. The number of aromatic nitrogens is 2. The van der Waals surface area contributed by atoms with Crippen LogP contribution in [0.3, 0.4) is 0 Å². The highest BCUT2D eigenvalue weighted by atomic mass is 35.5. The zero-order chi connectivity index (χ0) is 12.9. The van der Waals surface area contributed by atoms with Crippen LogP contribution in [0.5, 0.6) is 0 Å². The molecule has 7 nitrogen and oxygen atoms in total. The molecular formula is C10H14ClN3O4. The Bertz CT molecular complexity index is 456. The van der Waals surface area contributed by atoms with Gasteiger partial charge in [-0.05, 0) is 0 Å². The van der Waals surface area contributed by atoms with Crippen LogP contribution in [0.1, 0.15) is 6.04 Å². The average Bonchev–Trinajstić information content (AvgIpc) is 2.95. The molecule has 3 heterocycles. The summed E-state index contributed by atoms with van der Waals surface area (Å²) in [6, 6.07) is -0.642. The van der Waals surface area contributed by atoms with Crippen LogP contribution in [0.4, 0.5) is 0 Å². The Morgan fingerprint density at radius 3 is 3.00 bits per heavy atom. The normalized spacial score (nSPS) is 43.3. The fourth-order valence-corrected chi connectivity index (χ4v) is 2.75. The number of hydrogen-bond acceptors (Lipinski definition) is 6. The van der Waals surface area contributed by atoms with Crippen molar-refractivity contribution >= 4 is 11.6 Å². The highest BCUT2D eigenvalue weighted by molar-refractivity contribution is 6.29. The van der Waals surface area contributed by atoms with Gasteiger partial charge in [-0.2, -0.15) is 0 Å². The first-order valence-corrected chi connectivity index (χ1v) is 6.00. The number of nitrogens with zero attached hydrogens (tertiary/aromatic N) is 2. The van der Waals surface area contributed by atoms with Crippen molar-refractivity contribution in [2.24, 2.45) is 5.73 Å². The lowest BCUT2D eigenvalue weighted by atomic mass is 9.88. The molecule has 8 heteroatoms. The van der Waals surface area contributed by atoms with Crippen LogP contribution in [0.2, 0.25) is 5.15 Å². The Labute approximate surface area is 108 Å². The second kappa shape index (κ2) is 4.16. The molecule has 0 amide bonds. The molecule has 4 N–H and O–H groups in total. The van der Waals surface area contributed by atoms with E-state index in [1.807, 2.05) is 0 Å². The fourth-order valence-electron chi connectivity index (χ4n) is 2.54. The van der Waals surface area contributed by atoms with Gasteiger partial charge >= 0.3 is 0 Å². The second-order valence-corrected chi connectivity index (χ2v) is 5.00. The second-order valence-electron chi connectivity index (χ2n) is 4.62. The summed E-state index contributed by atoms with van der Waals surface area (Å²) < 4.78 is 12.6. The van der Waals surface area contributed by atoms with E-state index in [1.54, 1.807) is 0 Å². The molecule has 1 aromatic rings. The van der Waals surface area contributed by atoms with E-state index in [1.165, 1.54) is 17.1 Å². The summed E-state index contributed by atoms with van der Waals surface area (Å²) in [4.78, 5) is 3.88. The Hall–Kier alpha value is -0.700. The summed E-state index contributed by atoms with van der Waals surface area (Å²) in [6.07, 6.45) is -0.00559. The maximum absolute atomic E-state index is 10.2. The molecule has 2 bridgehead atoms. The first-order valence-electron chi connectivity index (χ1n) is 5.62. The van der Waals surface area contributed by atoms with Crippen molar-refractivity contribution < 1.29 is 19.7 Å². The van der Waals surface area contributed by atoms with Crippen molar-refractivity contribution in [2.75, 3.05) is 13.2 Å². The minimum Gasteiger partial charge on any atom is -0.388 e. The first-order chi connectivity index (χ1) is 8.59. The lowest BCUT2D eigenvalue weighted by molar-refractivity contribution is -0.231. The van der Waals surface area contributed by atoms with E-state index in [9.17, 15) is 10.2 Å². The van der Waals surface area contributed by atoms with Crippen LogP contribution in [-0.2, 0) is 9.47 Å². The van der Waals surface area contributed by atoms with Crippen molar-refractivity contribution in [2.45, 2.75) is 30.1 Å². The molecule has 2 unspecified atom stereocenters. The van der Waals surface area contributed by atoms with Crippen molar-refractivity contribution in [3.63, 3.8) is 0 Å². The standard InChI is InChI=1S/C10H14ClN3O4/c11-5-1-13-4-14(5)6-7(15)8(16)10(2-12)3-17-9(6)18-10/h1,4,6-9,15-16H,2-3,12H2/t6-,7?,8-,9?,10+/m1/s1. The lowest BCUT2D eigenvalue weighted by Crippen LogP contribution is -2.61. The monoisotopic (exact) mass is 275 g/mol. The summed E-state index contributed by atoms with van der Waals surface area (Å²) in [6.45, 7) is 0.224. The number of rotatable bonds is 2. The molecule has 18 heavy (non-hydrogen) atoms. The van der Waals surface area contributed by atoms with Gasteiger partial charge in [-0.1, -0.05) is 11.6 Å². The molecule has 0 spiro atoms. The van der Waals surface area contributed by atoms with Crippen LogP contribution in [0.15, 0.2) is 12.5 Å². The first kappa shape index (κ1) is 12.3. The Morgan fingerprint density at radius 2 is 2.39 bits per heavy atom. The van der Waals surface area contributed by atoms with Gasteiger partial charge in [0.2, 0.25) is 0 Å². The van der Waals surface area contributed by atoms with E-state index >= 15 is 0 Å². The Balaban J connectivity index is 1.97. The summed E-state index contributed by atoms with van der Waals surface area (Å²) >= 11 is 5.96. The molecule has 1 aromatic heterocycles. The Kier molecular flexibility index (Phi) is 2.85. The Morgan fingerprint density at radius 1 is 1.61 bits per heavy atom. The van der Waals surface area contributed by atoms with Crippen molar-refractivity contribution in [3.05, 3.63) is 17.7 Å². The van der Waals surface area contributed by atoms with Crippen LogP contribution in [0.25, 0.3) is 0 Å². The zero-order valence-corrected chi connectivity index (χ0v) is 10.2. The maximum Gasteiger partial charge on any atom is 0.182 e. The third-order valence-corrected chi connectivity index (χ3v) is 3.91. The summed E-state index contributed by atoms with van der Waals surface area (Å²) in [5.41, 5.74) is 4.57. The molecular weight excluding hydrogens is 262 g/mol. The third kappa shape index (κ3) is 1.52. The van der Waals surface area contributed by atoms with E-state index in [4.69, 9.17) is 26.8 Å². The van der Waals surface area contributed by atoms with E-state index in [0.717, 1.165) is 0 Å². The zero-order valence-electron chi connectivity index (χ0n) is 9.44. The number of nitrogens with two attached hydrogens (primary N) is 1. The van der Waals surface area contributed by atoms with E-state index in [0.29, 0.717) is 5.15 Å². The van der Waals surface area contributed by atoms with Crippen LogP contribution < -0.4 is 5.73 Å². The smallest absolute Gasteiger partial charge is 0.182 e. The molecule has 100 valence electrons. The SMILES string of the molecule is NC[C@@]12COC(O1)[C@H](n1cncc1Cl)C(O)[C@H]2O. The molecule has 2 aliphatic rings. The molecule has 2 aliphatic heterocycles. The third-order valence-electron chi connectivity index (χ3n) is 3.62.